The number of ketones is 1. The van der Waals surface area contributed by atoms with Crippen LogP contribution in [0.5, 0.6) is 0 Å². The summed E-state index contributed by atoms with van der Waals surface area (Å²) in [5.74, 6) is -0.535. The molecule has 0 saturated carbocycles. The minimum atomic E-state index is -0.535. The summed E-state index contributed by atoms with van der Waals surface area (Å²) in [6.45, 7) is 5.60. The lowest BCUT2D eigenvalue weighted by Gasteiger charge is -2.06. The molecule has 0 aliphatic heterocycles. The van der Waals surface area contributed by atoms with Gasteiger partial charge in [-0.25, -0.2) is 0 Å². The van der Waals surface area contributed by atoms with Gasteiger partial charge in [0.25, 0.3) is 5.56 Å². The van der Waals surface area contributed by atoms with E-state index in [4.69, 9.17) is 6.92 Å². The molecule has 2 aromatic rings. The van der Waals surface area contributed by atoms with Gasteiger partial charge in [0.1, 0.15) is 0 Å². The van der Waals surface area contributed by atoms with Crippen molar-refractivity contribution < 1.29 is 4.79 Å². The summed E-state index contributed by atoms with van der Waals surface area (Å²) < 4.78 is 1.47. The van der Waals surface area contributed by atoms with Crippen molar-refractivity contribution in [3.63, 3.8) is 0 Å². The van der Waals surface area contributed by atoms with Crippen LogP contribution in [0.25, 0.3) is 0 Å². The van der Waals surface area contributed by atoms with Crippen LogP contribution < -0.4 is 5.56 Å². The highest BCUT2D eigenvalue weighted by Crippen LogP contribution is 2.02. The number of carbonyl (C=O) groups is 1. The van der Waals surface area contributed by atoms with Crippen LogP contribution in [0.2, 0.25) is 0 Å². The molecule has 0 N–H and O–H groups in total. The second-order valence-electron chi connectivity index (χ2n) is 3.73. The van der Waals surface area contributed by atoms with Gasteiger partial charge in [-0.05, 0) is 11.6 Å². The zero-order chi connectivity index (χ0) is 12.3. The average Bonchev–Trinajstić information content (AvgIpc) is 2.33. The van der Waals surface area contributed by atoms with Crippen LogP contribution in [0, 0.1) is 6.92 Å². The Balaban J connectivity index is 2.36. The first kappa shape index (κ1) is 11.3. The molecule has 0 spiro atoms. The zero-order valence-corrected chi connectivity index (χ0v) is 9.17. The Labute approximate surface area is 99.3 Å². The third-order valence-electron chi connectivity index (χ3n) is 2.46. The minimum absolute atomic E-state index is 0.154. The van der Waals surface area contributed by atoms with Crippen molar-refractivity contribution in [2.45, 2.75) is 6.54 Å². The van der Waals surface area contributed by atoms with Gasteiger partial charge in [0.2, 0.25) is 0 Å². The van der Waals surface area contributed by atoms with Gasteiger partial charge in [-0.2, -0.15) is 0 Å². The highest BCUT2D eigenvalue weighted by atomic mass is 16.1. The highest BCUT2D eigenvalue weighted by molar-refractivity contribution is 5.98. The molecule has 0 saturated heterocycles. The molecule has 1 aromatic heterocycles. The third-order valence-corrected chi connectivity index (χ3v) is 2.46. The van der Waals surface area contributed by atoms with Crippen molar-refractivity contribution in [2.75, 3.05) is 0 Å². The van der Waals surface area contributed by atoms with Crippen LogP contribution in [0.4, 0.5) is 0 Å². The standard InChI is InChI=1S/C14H11NO2/c1-11(16)13-7-8-14(17)15(10-13)9-12-5-3-2-4-6-12/h1-8,10H,9H2. The Hall–Kier alpha value is -2.16. The number of rotatable bonds is 3. The molecule has 0 amide bonds. The van der Waals surface area contributed by atoms with Gasteiger partial charge in [0, 0.05) is 24.8 Å². The summed E-state index contributed by atoms with van der Waals surface area (Å²) in [4.78, 5) is 22.6. The van der Waals surface area contributed by atoms with E-state index in [-0.39, 0.29) is 5.56 Å². The number of Topliss-reactive ketones (excluding diaryl/α,β-unsaturated/α-hetero) is 1. The van der Waals surface area contributed by atoms with Crippen LogP contribution in [0.1, 0.15) is 15.9 Å². The van der Waals surface area contributed by atoms with E-state index >= 15 is 0 Å². The average molecular weight is 225 g/mol. The lowest BCUT2D eigenvalue weighted by Crippen LogP contribution is -2.20. The summed E-state index contributed by atoms with van der Waals surface area (Å²) in [6.07, 6.45) is 1.48. The summed E-state index contributed by atoms with van der Waals surface area (Å²) in [7, 11) is 0. The Kier molecular flexibility index (Phi) is 3.19. The van der Waals surface area contributed by atoms with Gasteiger partial charge >= 0.3 is 0 Å². The number of nitrogens with zero attached hydrogens (tertiary/aromatic N) is 1. The molecule has 0 atom stereocenters. The Morgan fingerprint density at radius 2 is 1.82 bits per heavy atom. The van der Waals surface area contributed by atoms with Gasteiger partial charge in [0.05, 0.1) is 6.54 Å². The molecule has 1 heterocycles. The number of carbonyl (C=O) groups excluding carboxylic acids is 1. The fourth-order valence-electron chi connectivity index (χ4n) is 1.58. The van der Waals surface area contributed by atoms with Crippen molar-refractivity contribution in [2.24, 2.45) is 0 Å². The monoisotopic (exact) mass is 225 g/mol. The second kappa shape index (κ2) is 4.78. The molecule has 0 aliphatic rings. The minimum Gasteiger partial charge on any atom is -0.310 e. The molecular weight excluding hydrogens is 214 g/mol. The van der Waals surface area contributed by atoms with E-state index in [1.165, 1.54) is 22.9 Å². The molecule has 84 valence electrons. The van der Waals surface area contributed by atoms with E-state index in [9.17, 15) is 9.59 Å². The first-order valence-corrected chi connectivity index (χ1v) is 5.21. The maximum Gasteiger partial charge on any atom is 0.250 e. The van der Waals surface area contributed by atoms with E-state index in [2.05, 4.69) is 0 Å². The molecule has 2 rings (SSSR count). The smallest absolute Gasteiger partial charge is 0.250 e. The SMILES string of the molecule is [CH]C(=O)c1ccc(=O)n(Cc2ccccc2)c1. The van der Waals surface area contributed by atoms with E-state index in [1.807, 2.05) is 30.3 Å². The highest BCUT2D eigenvalue weighted by Gasteiger charge is 2.03. The number of pyridine rings is 1. The predicted molar refractivity (Wildman–Crippen MR) is 64.9 cm³/mol. The van der Waals surface area contributed by atoms with Crippen LogP contribution in [-0.4, -0.2) is 10.4 Å². The molecule has 2 radical (unpaired) electrons. The summed E-state index contributed by atoms with van der Waals surface area (Å²) in [5.41, 5.74) is 1.18. The molecule has 17 heavy (non-hydrogen) atoms. The van der Waals surface area contributed by atoms with Crippen LogP contribution in [0.15, 0.2) is 53.5 Å². The second-order valence-corrected chi connectivity index (χ2v) is 3.73. The molecule has 1 aromatic carbocycles. The van der Waals surface area contributed by atoms with E-state index in [1.54, 1.807) is 0 Å². The van der Waals surface area contributed by atoms with Gasteiger partial charge in [-0.15, -0.1) is 0 Å². The van der Waals surface area contributed by atoms with E-state index in [0.29, 0.717) is 12.1 Å². The maximum absolute atomic E-state index is 11.6. The molecule has 3 nitrogen and oxygen atoms in total. The van der Waals surface area contributed by atoms with Crippen molar-refractivity contribution in [3.8, 4) is 0 Å². The van der Waals surface area contributed by atoms with Crippen molar-refractivity contribution >= 4 is 5.78 Å². The van der Waals surface area contributed by atoms with E-state index < -0.39 is 5.78 Å². The number of aromatic nitrogens is 1. The Bertz CT molecular complexity index is 585. The summed E-state index contributed by atoms with van der Waals surface area (Å²) in [5, 5.41) is 0. The normalized spacial score (nSPS) is 10.2. The van der Waals surface area contributed by atoms with Gasteiger partial charge in [-0.3, -0.25) is 9.59 Å². The van der Waals surface area contributed by atoms with Crippen molar-refractivity contribution in [1.29, 1.82) is 0 Å². The topological polar surface area (TPSA) is 39.1 Å². The predicted octanol–water partition coefficient (Wildman–Crippen LogP) is 1.79. The molecule has 0 aliphatic carbocycles. The lowest BCUT2D eigenvalue weighted by molar-refractivity contribution is 0.104. The Morgan fingerprint density at radius 1 is 1.12 bits per heavy atom. The molecule has 0 unspecified atom stereocenters. The van der Waals surface area contributed by atoms with E-state index in [0.717, 1.165) is 5.56 Å². The van der Waals surface area contributed by atoms with Crippen LogP contribution in [0.3, 0.4) is 0 Å². The third kappa shape index (κ3) is 2.69. The van der Waals surface area contributed by atoms with Crippen molar-refractivity contribution in [3.05, 3.63) is 77.1 Å². The maximum atomic E-state index is 11.6. The molecule has 0 fully saturated rings. The fourth-order valence-corrected chi connectivity index (χ4v) is 1.58. The quantitative estimate of drug-likeness (QED) is 0.747. The zero-order valence-electron chi connectivity index (χ0n) is 9.17. The van der Waals surface area contributed by atoms with Gasteiger partial charge in [-0.1, -0.05) is 30.3 Å². The number of hydrogen-bond donors (Lipinski definition) is 0. The molecular formula is C14H11NO2. The van der Waals surface area contributed by atoms with Crippen LogP contribution >= 0.6 is 0 Å². The number of benzene rings is 1. The van der Waals surface area contributed by atoms with Gasteiger partial charge in [0.15, 0.2) is 5.78 Å². The first-order chi connectivity index (χ1) is 8.16. The fraction of sp³-hybridized carbons (Fsp3) is 0.0714. The molecule has 0 bridgehead atoms. The summed E-state index contributed by atoms with van der Waals surface area (Å²) in [6, 6.07) is 12.3. The number of hydrogen-bond acceptors (Lipinski definition) is 2. The first-order valence-electron chi connectivity index (χ1n) is 5.21. The summed E-state index contributed by atoms with van der Waals surface area (Å²) >= 11 is 0. The lowest BCUT2D eigenvalue weighted by atomic mass is 10.2. The Morgan fingerprint density at radius 3 is 2.47 bits per heavy atom. The van der Waals surface area contributed by atoms with Gasteiger partial charge < -0.3 is 4.57 Å². The van der Waals surface area contributed by atoms with Crippen LogP contribution in [-0.2, 0) is 6.54 Å². The van der Waals surface area contributed by atoms with Crippen molar-refractivity contribution in [1.82, 2.24) is 4.57 Å². The largest absolute Gasteiger partial charge is 0.310 e. The molecule has 3 heteroatoms.